The lowest BCUT2D eigenvalue weighted by Crippen LogP contribution is -2.03. The molecule has 0 aromatic heterocycles. The van der Waals surface area contributed by atoms with Crippen LogP contribution in [-0.4, -0.2) is 19.4 Å². The highest BCUT2D eigenvalue weighted by Gasteiger charge is 2.18. The molecular formula is C36H75O2PS. The van der Waals surface area contributed by atoms with Crippen molar-refractivity contribution >= 4 is 18.3 Å². The van der Waals surface area contributed by atoms with Crippen LogP contribution < -0.4 is 0 Å². The molecule has 0 heterocycles. The van der Waals surface area contributed by atoms with Crippen molar-refractivity contribution in [3.63, 3.8) is 0 Å². The Hall–Kier alpha value is 0.570. The van der Waals surface area contributed by atoms with Crippen molar-refractivity contribution in [3.8, 4) is 0 Å². The second-order valence-corrected chi connectivity index (χ2v) is 16.4. The van der Waals surface area contributed by atoms with Crippen molar-refractivity contribution in [2.24, 2.45) is 0 Å². The van der Waals surface area contributed by atoms with Gasteiger partial charge in [0.25, 0.3) is 0 Å². The second kappa shape index (κ2) is 34.1. The minimum Gasteiger partial charge on any atom is -0.329 e. The Balaban J connectivity index is 4.07. The van der Waals surface area contributed by atoms with Crippen LogP contribution in [0.5, 0.6) is 0 Å². The van der Waals surface area contributed by atoms with Gasteiger partial charge < -0.3 is 9.05 Å². The van der Waals surface area contributed by atoms with Gasteiger partial charge in [-0.1, -0.05) is 194 Å². The van der Waals surface area contributed by atoms with Gasteiger partial charge in [0.05, 0.1) is 13.2 Å². The highest BCUT2D eigenvalue weighted by atomic mass is 32.5. The van der Waals surface area contributed by atoms with E-state index in [4.69, 9.17) is 20.9 Å². The van der Waals surface area contributed by atoms with Crippen LogP contribution in [0.1, 0.15) is 213 Å². The van der Waals surface area contributed by atoms with Crippen LogP contribution in [0.2, 0.25) is 0 Å². The van der Waals surface area contributed by atoms with Crippen LogP contribution in [-0.2, 0) is 20.9 Å². The van der Waals surface area contributed by atoms with Crippen molar-refractivity contribution in [1.29, 1.82) is 0 Å². The predicted octanol–water partition coefficient (Wildman–Crippen LogP) is 14.1. The molecule has 0 fully saturated rings. The van der Waals surface area contributed by atoms with Crippen LogP contribution in [0.3, 0.4) is 0 Å². The van der Waals surface area contributed by atoms with Gasteiger partial charge in [-0.15, -0.1) is 0 Å². The van der Waals surface area contributed by atoms with Gasteiger partial charge in [0.1, 0.15) is 0 Å². The van der Waals surface area contributed by atoms with Crippen molar-refractivity contribution in [2.75, 3.05) is 19.4 Å². The first kappa shape index (κ1) is 40.6. The van der Waals surface area contributed by atoms with Gasteiger partial charge >= 0.3 is 0 Å². The Morgan fingerprint density at radius 1 is 0.325 bits per heavy atom. The Kier molecular flexibility index (Phi) is 34.6. The molecule has 0 saturated heterocycles. The van der Waals surface area contributed by atoms with Crippen LogP contribution in [0.15, 0.2) is 0 Å². The van der Waals surface area contributed by atoms with Crippen LogP contribution >= 0.6 is 6.49 Å². The summed E-state index contributed by atoms with van der Waals surface area (Å²) in [5.41, 5.74) is 0. The Bertz CT molecular complexity index is 483. The highest BCUT2D eigenvalue weighted by molar-refractivity contribution is 8.09. The van der Waals surface area contributed by atoms with Crippen molar-refractivity contribution in [2.45, 2.75) is 213 Å². The van der Waals surface area contributed by atoms with E-state index in [1.54, 1.807) is 0 Å². The summed E-state index contributed by atoms with van der Waals surface area (Å²) in [6.07, 6.45) is 41.8. The van der Waals surface area contributed by atoms with Gasteiger partial charge in [-0.05, 0) is 31.1 Å². The monoisotopic (exact) mass is 603 g/mol. The topological polar surface area (TPSA) is 18.5 Å². The molecule has 0 N–H and O–H groups in total. The summed E-state index contributed by atoms with van der Waals surface area (Å²) in [6.45, 7) is 6.39. The number of hydrogen-bond acceptors (Lipinski definition) is 3. The molecule has 0 spiro atoms. The minimum atomic E-state index is -2.11. The summed E-state index contributed by atoms with van der Waals surface area (Å²) in [5, 5.41) is 0. The molecule has 0 rings (SSSR count). The fourth-order valence-electron chi connectivity index (χ4n) is 5.55. The molecule has 0 aromatic carbocycles. The zero-order valence-electron chi connectivity index (χ0n) is 28.0. The molecule has 0 aliphatic carbocycles. The Morgan fingerprint density at radius 2 is 0.550 bits per heavy atom. The van der Waals surface area contributed by atoms with Gasteiger partial charge in [-0.25, -0.2) is 0 Å². The largest absolute Gasteiger partial charge is 0.329 e. The second-order valence-electron chi connectivity index (χ2n) is 12.5. The molecule has 242 valence electrons. The van der Waals surface area contributed by atoms with Gasteiger partial charge in [0, 0.05) is 6.16 Å². The third kappa shape index (κ3) is 31.5. The Morgan fingerprint density at radius 3 is 0.825 bits per heavy atom. The molecule has 40 heavy (non-hydrogen) atoms. The van der Waals surface area contributed by atoms with E-state index in [9.17, 15) is 0 Å². The standard InChI is InChI=1S/C36H75O2PS/c1-4-7-10-13-16-19-22-25-28-31-34-37-39(40,36-33-30-27-24-21-18-15-12-9-6-3)38-35-32-29-26-23-20-17-14-11-8-5-2/h4-36H2,1-3H3. The van der Waals surface area contributed by atoms with E-state index in [0.717, 1.165) is 32.2 Å². The van der Waals surface area contributed by atoms with Crippen molar-refractivity contribution < 1.29 is 9.05 Å². The van der Waals surface area contributed by atoms with E-state index >= 15 is 0 Å². The lowest BCUT2D eigenvalue weighted by Gasteiger charge is -2.23. The SMILES string of the molecule is CCCCCCCCCCCCOP(=S)(CCCCCCCCCCCC)OCCCCCCCCCCCC. The third-order valence-corrected chi connectivity index (χ3v) is 11.6. The van der Waals surface area contributed by atoms with E-state index in [1.807, 2.05) is 0 Å². The number of unbranched alkanes of at least 4 members (excludes halogenated alkanes) is 27. The Labute approximate surface area is 259 Å². The summed E-state index contributed by atoms with van der Waals surface area (Å²) in [6, 6.07) is 0. The lowest BCUT2D eigenvalue weighted by atomic mass is 10.1. The van der Waals surface area contributed by atoms with E-state index in [0.29, 0.717) is 0 Å². The molecular weight excluding hydrogens is 527 g/mol. The maximum Gasteiger partial charge on any atom is 0.188 e. The predicted molar refractivity (Wildman–Crippen MR) is 187 cm³/mol. The molecule has 0 aliphatic rings. The highest BCUT2D eigenvalue weighted by Crippen LogP contribution is 2.50. The quantitative estimate of drug-likeness (QED) is 0.0531. The molecule has 0 aliphatic heterocycles. The first-order valence-corrected chi connectivity index (χ1v) is 21.4. The maximum atomic E-state index is 6.38. The molecule has 0 unspecified atom stereocenters. The first-order valence-electron chi connectivity index (χ1n) is 18.6. The molecule has 0 aromatic rings. The van der Waals surface area contributed by atoms with Crippen LogP contribution in [0.4, 0.5) is 0 Å². The molecule has 0 bridgehead atoms. The zero-order chi connectivity index (χ0) is 29.2. The maximum absolute atomic E-state index is 6.38. The van der Waals surface area contributed by atoms with Gasteiger partial charge in [0.15, 0.2) is 6.49 Å². The number of rotatable bonds is 35. The van der Waals surface area contributed by atoms with Gasteiger partial charge in [-0.2, -0.15) is 0 Å². The molecule has 0 radical (unpaired) electrons. The van der Waals surface area contributed by atoms with Crippen molar-refractivity contribution in [1.82, 2.24) is 0 Å². The van der Waals surface area contributed by atoms with Crippen molar-refractivity contribution in [3.05, 3.63) is 0 Å². The zero-order valence-corrected chi connectivity index (χ0v) is 29.7. The number of hydrogen-bond donors (Lipinski definition) is 0. The van der Waals surface area contributed by atoms with Gasteiger partial charge in [0.2, 0.25) is 0 Å². The summed E-state index contributed by atoms with van der Waals surface area (Å²) in [4.78, 5) is 0. The fourth-order valence-corrected chi connectivity index (χ4v) is 8.14. The van der Waals surface area contributed by atoms with Crippen LogP contribution in [0.25, 0.3) is 0 Å². The molecule has 0 atom stereocenters. The summed E-state index contributed by atoms with van der Waals surface area (Å²) < 4.78 is 12.8. The molecule has 0 saturated carbocycles. The summed E-state index contributed by atoms with van der Waals surface area (Å²) in [5.74, 6) is 0. The smallest absolute Gasteiger partial charge is 0.188 e. The van der Waals surface area contributed by atoms with Gasteiger partial charge in [-0.3, -0.25) is 0 Å². The fraction of sp³-hybridized carbons (Fsp3) is 1.00. The van der Waals surface area contributed by atoms with Crippen LogP contribution in [0, 0.1) is 0 Å². The van der Waals surface area contributed by atoms with E-state index in [1.165, 1.54) is 180 Å². The van der Waals surface area contributed by atoms with E-state index in [-0.39, 0.29) is 0 Å². The molecule has 4 heteroatoms. The molecule has 2 nitrogen and oxygen atoms in total. The molecule has 0 amide bonds. The average molecular weight is 603 g/mol. The minimum absolute atomic E-state index is 0.809. The normalized spacial score (nSPS) is 12.0. The average Bonchev–Trinajstić information content (AvgIpc) is 2.95. The summed E-state index contributed by atoms with van der Waals surface area (Å²) >= 11 is 6.07. The third-order valence-electron chi connectivity index (χ3n) is 8.36. The lowest BCUT2D eigenvalue weighted by molar-refractivity contribution is 0.236. The first-order chi connectivity index (χ1) is 19.7. The van der Waals surface area contributed by atoms with E-state index < -0.39 is 6.49 Å². The van der Waals surface area contributed by atoms with E-state index in [2.05, 4.69) is 20.8 Å². The summed E-state index contributed by atoms with van der Waals surface area (Å²) in [7, 11) is 0.